The molecule has 4 rings (SSSR count). The maximum Gasteiger partial charge on any atom is 0.226 e. The quantitative estimate of drug-likeness (QED) is 0.931. The number of nitrogens with one attached hydrogen (secondary N) is 1. The van der Waals surface area contributed by atoms with Gasteiger partial charge in [-0.3, -0.25) is 4.98 Å². The highest BCUT2D eigenvalue weighted by molar-refractivity contribution is 5.14. The van der Waals surface area contributed by atoms with E-state index in [0.717, 1.165) is 23.7 Å². The van der Waals surface area contributed by atoms with E-state index in [0.29, 0.717) is 24.4 Å². The second-order valence-corrected chi connectivity index (χ2v) is 6.32. The Balaban J connectivity index is 1.38. The van der Waals surface area contributed by atoms with E-state index in [1.54, 1.807) is 12.4 Å². The fourth-order valence-corrected chi connectivity index (χ4v) is 3.72. The molecule has 0 amide bonds. The molecule has 2 atom stereocenters. The summed E-state index contributed by atoms with van der Waals surface area (Å²) in [5.41, 5.74) is 1.16. The Kier molecular flexibility index (Phi) is 3.43. The predicted molar refractivity (Wildman–Crippen MR) is 77.7 cm³/mol. The van der Waals surface area contributed by atoms with E-state index in [4.69, 9.17) is 4.52 Å². The molecule has 2 aromatic rings. The van der Waals surface area contributed by atoms with E-state index in [2.05, 4.69) is 20.4 Å². The first-order valence-electron chi connectivity index (χ1n) is 7.81. The van der Waals surface area contributed by atoms with Crippen molar-refractivity contribution in [3.63, 3.8) is 0 Å². The number of piperidine rings is 1. The first-order chi connectivity index (χ1) is 10.3. The van der Waals surface area contributed by atoms with Crippen molar-refractivity contribution in [3.05, 3.63) is 41.8 Å². The third-order valence-electron chi connectivity index (χ3n) is 4.66. The molecule has 2 bridgehead atoms. The zero-order valence-electron chi connectivity index (χ0n) is 12.0. The van der Waals surface area contributed by atoms with E-state index in [1.807, 2.05) is 12.1 Å². The zero-order valence-corrected chi connectivity index (χ0v) is 12.0. The van der Waals surface area contributed by atoms with Gasteiger partial charge in [0.15, 0.2) is 5.82 Å². The van der Waals surface area contributed by atoms with Gasteiger partial charge < -0.3 is 9.84 Å². The SMILES string of the molecule is c1cc(Cc2noc(CC3CC4CCC(C3)N4)n2)ccn1. The molecule has 5 nitrogen and oxygen atoms in total. The molecule has 2 unspecified atom stereocenters. The van der Waals surface area contributed by atoms with Crippen LogP contribution in [0.2, 0.25) is 0 Å². The minimum absolute atomic E-state index is 0.693. The smallest absolute Gasteiger partial charge is 0.226 e. The highest BCUT2D eigenvalue weighted by Gasteiger charge is 2.34. The topological polar surface area (TPSA) is 63.8 Å². The van der Waals surface area contributed by atoms with Crippen molar-refractivity contribution in [1.29, 1.82) is 0 Å². The number of aromatic nitrogens is 3. The van der Waals surface area contributed by atoms with Crippen LogP contribution in [0.3, 0.4) is 0 Å². The average molecular weight is 284 g/mol. The summed E-state index contributed by atoms with van der Waals surface area (Å²) >= 11 is 0. The summed E-state index contributed by atoms with van der Waals surface area (Å²) in [7, 11) is 0. The number of pyridine rings is 1. The van der Waals surface area contributed by atoms with E-state index in [1.165, 1.54) is 25.7 Å². The van der Waals surface area contributed by atoms with Gasteiger partial charge in [-0.05, 0) is 49.3 Å². The number of hydrogen-bond acceptors (Lipinski definition) is 5. The summed E-state index contributed by atoms with van der Waals surface area (Å²) in [6.07, 6.45) is 10.4. The lowest BCUT2D eigenvalue weighted by molar-refractivity contribution is 0.270. The van der Waals surface area contributed by atoms with E-state index in [9.17, 15) is 0 Å². The molecule has 0 aromatic carbocycles. The Bertz CT molecular complexity index is 585. The molecule has 2 aliphatic rings. The third kappa shape index (κ3) is 2.97. The molecule has 0 spiro atoms. The van der Waals surface area contributed by atoms with Gasteiger partial charge in [0.25, 0.3) is 0 Å². The molecule has 2 aromatic heterocycles. The van der Waals surface area contributed by atoms with Crippen LogP contribution in [0.4, 0.5) is 0 Å². The Hall–Kier alpha value is -1.75. The van der Waals surface area contributed by atoms with Crippen LogP contribution >= 0.6 is 0 Å². The van der Waals surface area contributed by atoms with E-state index < -0.39 is 0 Å². The summed E-state index contributed by atoms with van der Waals surface area (Å²) in [4.78, 5) is 8.57. The van der Waals surface area contributed by atoms with Gasteiger partial charge in [0, 0.05) is 37.3 Å². The fraction of sp³-hybridized carbons (Fsp3) is 0.562. The number of nitrogens with zero attached hydrogens (tertiary/aromatic N) is 3. The molecule has 2 fully saturated rings. The van der Waals surface area contributed by atoms with Crippen LogP contribution in [-0.2, 0) is 12.8 Å². The van der Waals surface area contributed by atoms with Gasteiger partial charge in [0.2, 0.25) is 5.89 Å². The van der Waals surface area contributed by atoms with Crippen molar-refractivity contribution in [2.45, 2.75) is 50.6 Å². The molecule has 0 saturated carbocycles. The van der Waals surface area contributed by atoms with Crippen molar-refractivity contribution in [2.75, 3.05) is 0 Å². The van der Waals surface area contributed by atoms with Crippen LogP contribution in [0, 0.1) is 5.92 Å². The molecule has 5 heteroatoms. The summed E-state index contributed by atoms with van der Waals surface area (Å²) < 4.78 is 5.43. The van der Waals surface area contributed by atoms with E-state index in [-0.39, 0.29) is 0 Å². The second-order valence-electron chi connectivity index (χ2n) is 6.32. The Labute approximate surface area is 124 Å². The first-order valence-corrected chi connectivity index (χ1v) is 7.81. The lowest BCUT2D eigenvalue weighted by Gasteiger charge is -2.28. The summed E-state index contributed by atoms with van der Waals surface area (Å²) in [6.45, 7) is 0. The number of hydrogen-bond donors (Lipinski definition) is 1. The summed E-state index contributed by atoms with van der Waals surface area (Å²) in [5.74, 6) is 2.26. The maximum absolute atomic E-state index is 5.43. The molecule has 2 aliphatic heterocycles. The molecular weight excluding hydrogens is 264 g/mol. The fourth-order valence-electron chi connectivity index (χ4n) is 3.72. The van der Waals surface area contributed by atoms with Gasteiger partial charge in [-0.2, -0.15) is 4.98 Å². The van der Waals surface area contributed by atoms with Crippen molar-refractivity contribution < 1.29 is 4.52 Å². The highest BCUT2D eigenvalue weighted by Crippen LogP contribution is 2.32. The van der Waals surface area contributed by atoms with Crippen LogP contribution < -0.4 is 5.32 Å². The van der Waals surface area contributed by atoms with Gasteiger partial charge in [0.05, 0.1) is 0 Å². The first kappa shape index (κ1) is 13.0. The van der Waals surface area contributed by atoms with Crippen LogP contribution in [0.5, 0.6) is 0 Å². The number of rotatable bonds is 4. The molecule has 110 valence electrons. The molecule has 0 aliphatic carbocycles. The molecule has 1 N–H and O–H groups in total. The lowest BCUT2D eigenvalue weighted by atomic mass is 9.90. The van der Waals surface area contributed by atoms with Crippen molar-refractivity contribution in [2.24, 2.45) is 5.92 Å². The van der Waals surface area contributed by atoms with Gasteiger partial charge in [-0.25, -0.2) is 0 Å². The average Bonchev–Trinajstić information content (AvgIpc) is 3.07. The summed E-state index contributed by atoms with van der Waals surface area (Å²) in [6, 6.07) is 5.40. The maximum atomic E-state index is 5.43. The predicted octanol–water partition coefficient (Wildman–Crippen LogP) is 2.13. The Morgan fingerprint density at radius 3 is 2.67 bits per heavy atom. The molecule has 2 saturated heterocycles. The van der Waals surface area contributed by atoms with Gasteiger partial charge in [0.1, 0.15) is 0 Å². The zero-order chi connectivity index (χ0) is 14.1. The van der Waals surface area contributed by atoms with Crippen LogP contribution in [0.15, 0.2) is 29.0 Å². The van der Waals surface area contributed by atoms with Gasteiger partial charge in [-0.1, -0.05) is 5.16 Å². The van der Waals surface area contributed by atoms with Gasteiger partial charge in [-0.15, -0.1) is 0 Å². The summed E-state index contributed by atoms with van der Waals surface area (Å²) in [5, 5.41) is 7.78. The monoisotopic (exact) mass is 284 g/mol. The molecular formula is C16H20N4O. The van der Waals surface area contributed by atoms with E-state index >= 15 is 0 Å². The molecule has 0 radical (unpaired) electrons. The van der Waals surface area contributed by atoms with Crippen molar-refractivity contribution >= 4 is 0 Å². The lowest BCUT2D eigenvalue weighted by Crippen LogP contribution is -2.38. The van der Waals surface area contributed by atoms with Gasteiger partial charge >= 0.3 is 0 Å². The largest absolute Gasteiger partial charge is 0.339 e. The van der Waals surface area contributed by atoms with Crippen LogP contribution in [-0.4, -0.2) is 27.2 Å². The second kappa shape index (κ2) is 5.56. The Morgan fingerprint density at radius 2 is 1.90 bits per heavy atom. The standard InChI is InChI=1S/C16H20N4O/c1-2-14-8-12(7-13(1)18-14)10-16-19-15(20-21-16)9-11-3-5-17-6-4-11/h3-6,12-14,18H,1-2,7-10H2. The minimum atomic E-state index is 0.693. The number of fused-ring (bicyclic) bond motifs is 2. The third-order valence-corrected chi connectivity index (χ3v) is 4.66. The highest BCUT2D eigenvalue weighted by atomic mass is 16.5. The normalized spacial score (nSPS) is 27.9. The van der Waals surface area contributed by atoms with Crippen LogP contribution in [0.25, 0.3) is 0 Å². The molecule has 21 heavy (non-hydrogen) atoms. The Morgan fingerprint density at radius 1 is 1.14 bits per heavy atom. The van der Waals surface area contributed by atoms with Crippen molar-refractivity contribution in [3.8, 4) is 0 Å². The molecule has 4 heterocycles. The van der Waals surface area contributed by atoms with Crippen molar-refractivity contribution in [1.82, 2.24) is 20.4 Å². The minimum Gasteiger partial charge on any atom is -0.339 e. The van der Waals surface area contributed by atoms with Crippen LogP contribution in [0.1, 0.15) is 43.0 Å².